The zero-order chi connectivity index (χ0) is 21.0. The number of hydrogen-bond acceptors (Lipinski definition) is 4. The molecule has 0 bridgehead atoms. The van der Waals surface area contributed by atoms with Gasteiger partial charge in [-0.05, 0) is 48.2 Å². The molecule has 1 aliphatic heterocycles. The van der Waals surface area contributed by atoms with E-state index in [1.54, 1.807) is 17.3 Å². The van der Waals surface area contributed by atoms with Gasteiger partial charge in [0.15, 0.2) is 0 Å². The van der Waals surface area contributed by atoms with Gasteiger partial charge in [0.2, 0.25) is 5.91 Å². The van der Waals surface area contributed by atoms with Gasteiger partial charge in [-0.15, -0.1) is 0 Å². The number of nitrogens with zero attached hydrogens (tertiary/aromatic N) is 4. The van der Waals surface area contributed by atoms with Crippen LogP contribution in [-0.2, 0) is 17.8 Å². The van der Waals surface area contributed by atoms with Crippen LogP contribution in [0.3, 0.4) is 0 Å². The highest BCUT2D eigenvalue weighted by Gasteiger charge is 2.45. The molecule has 1 aromatic carbocycles. The Bertz CT molecular complexity index is 990. The van der Waals surface area contributed by atoms with Crippen LogP contribution in [0.15, 0.2) is 73.3 Å². The Morgan fingerprint density at radius 1 is 1.03 bits per heavy atom. The van der Waals surface area contributed by atoms with Crippen molar-refractivity contribution in [1.29, 1.82) is 0 Å². The number of amides is 1. The molecule has 1 saturated heterocycles. The number of carbonyl (C=O) groups excluding carboxylic acids is 1. The van der Waals surface area contributed by atoms with Crippen LogP contribution in [0.4, 0.5) is 0 Å². The van der Waals surface area contributed by atoms with Crippen LogP contribution < -0.4 is 0 Å². The van der Waals surface area contributed by atoms with Crippen LogP contribution in [0.1, 0.15) is 17.5 Å². The molecule has 1 amide bonds. The molecule has 5 heteroatoms. The molecule has 154 valence electrons. The van der Waals surface area contributed by atoms with E-state index < -0.39 is 5.41 Å². The first-order chi connectivity index (χ1) is 14.6. The first-order valence-corrected chi connectivity index (χ1v) is 10.4. The Morgan fingerprint density at radius 3 is 2.50 bits per heavy atom. The molecule has 4 rings (SSSR count). The van der Waals surface area contributed by atoms with E-state index in [0.29, 0.717) is 0 Å². The summed E-state index contributed by atoms with van der Waals surface area (Å²) in [6, 6.07) is 16.5. The Hall–Kier alpha value is -3.05. The van der Waals surface area contributed by atoms with E-state index >= 15 is 0 Å². The van der Waals surface area contributed by atoms with Crippen LogP contribution >= 0.6 is 0 Å². The van der Waals surface area contributed by atoms with Gasteiger partial charge in [-0.1, -0.05) is 36.4 Å². The molecule has 1 aliphatic rings. The van der Waals surface area contributed by atoms with Gasteiger partial charge < -0.3 is 4.90 Å². The van der Waals surface area contributed by atoms with Crippen LogP contribution in [0.5, 0.6) is 0 Å². The molecular formula is C25H28N4O. The van der Waals surface area contributed by atoms with Gasteiger partial charge in [0.05, 0.1) is 5.41 Å². The van der Waals surface area contributed by atoms with Crippen molar-refractivity contribution in [2.75, 3.05) is 27.2 Å². The largest absolute Gasteiger partial charge is 0.348 e. The highest BCUT2D eigenvalue weighted by molar-refractivity contribution is 5.84. The minimum atomic E-state index is -0.427. The van der Waals surface area contributed by atoms with Crippen molar-refractivity contribution in [3.8, 4) is 11.1 Å². The van der Waals surface area contributed by atoms with E-state index in [9.17, 15) is 4.79 Å². The summed E-state index contributed by atoms with van der Waals surface area (Å²) in [6.07, 6.45) is 8.96. The number of likely N-dealkylation sites (tertiary alicyclic amines) is 1. The predicted octanol–water partition coefficient (Wildman–Crippen LogP) is 3.67. The predicted molar refractivity (Wildman–Crippen MR) is 119 cm³/mol. The summed E-state index contributed by atoms with van der Waals surface area (Å²) in [5.74, 6) is 0.206. The minimum Gasteiger partial charge on any atom is -0.348 e. The van der Waals surface area contributed by atoms with Gasteiger partial charge in [-0.3, -0.25) is 19.7 Å². The third kappa shape index (κ3) is 4.26. The maximum Gasteiger partial charge on any atom is 0.229 e. The number of carbonyl (C=O) groups is 1. The summed E-state index contributed by atoms with van der Waals surface area (Å²) in [7, 11) is 3.72. The number of rotatable bonds is 6. The van der Waals surface area contributed by atoms with E-state index in [0.717, 1.165) is 43.6 Å². The topological polar surface area (TPSA) is 49.3 Å². The maximum atomic E-state index is 13.4. The second-order valence-corrected chi connectivity index (χ2v) is 8.38. The maximum absolute atomic E-state index is 13.4. The van der Waals surface area contributed by atoms with Crippen molar-refractivity contribution in [3.63, 3.8) is 0 Å². The van der Waals surface area contributed by atoms with Crippen LogP contribution in [-0.4, -0.2) is 52.9 Å². The molecule has 0 saturated carbocycles. The van der Waals surface area contributed by atoms with Crippen molar-refractivity contribution < 1.29 is 4.79 Å². The van der Waals surface area contributed by atoms with E-state index in [2.05, 4.69) is 51.3 Å². The van der Waals surface area contributed by atoms with Crippen molar-refractivity contribution >= 4 is 5.91 Å². The van der Waals surface area contributed by atoms with Crippen molar-refractivity contribution in [1.82, 2.24) is 19.8 Å². The second kappa shape index (κ2) is 8.76. The average Bonchev–Trinajstić information content (AvgIpc) is 3.18. The van der Waals surface area contributed by atoms with Crippen LogP contribution in [0, 0.1) is 5.41 Å². The summed E-state index contributed by atoms with van der Waals surface area (Å²) in [5.41, 5.74) is 4.20. The van der Waals surface area contributed by atoms with Gasteiger partial charge in [0, 0.05) is 57.5 Å². The van der Waals surface area contributed by atoms with Gasteiger partial charge in [0.25, 0.3) is 0 Å². The molecule has 1 atom stereocenters. The van der Waals surface area contributed by atoms with E-state index in [-0.39, 0.29) is 5.91 Å². The molecule has 0 radical (unpaired) electrons. The molecule has 5 nitrogen and oxygen atoms in total. The quantitative estimate of drug-likeness (QED) is 0.634. The van der Waals surface area contributed by atoms with Crippen molar-refractivity contribution in [3.05, 3.63) is 84.4 Å². The van der Waals surface area contributed by atoms with Gasteiger partial charge >= 0.3 is 0 Å². The highest BCUT2D eigenvalue weighted by atomic mass is 16.2. The lowest BCUT2D eigenvalue weighted by Crippen LogP contribution is -2.44. The molecule has 1 unspecified atom stereocenters. The zero-order valence-electron chi connectivity index (χ0n) is 17.7. The summed E-state index contributed by atoms with van der Waals surface area (Å²) in [4.78, 5) is 26.0. The molecule has 3 heterocycles. The number of hydrogen-bond donors (Lipinski definition) is 0. The third-order valence-corrected chi connectivity index (χ3v) is 5.94. The standard InChI is InChI=1S/C25H28N4O/c1-28(2)24(30)25(11-14-29(19-25)18-20-7-5-12-26-16-20)15-21-8-3-4-10-23(21)22-9-6-13-27-17-22/h3-10,12-13,16-17H,11,14-15,18-19H2,1-2H3. The summed E-state index contributed by atoms with van der Waals surface area (Å²) in [6.45, 7) is 2.48. The first kappa shape index (κ1) is 20.2. The Labute approximate surface area is 178 Å². The molecule has 0 N–H and O–H groups in total. The second-order valence-electron chi connectivity index (χ2n) is 8.38. The number of aromatic nitrogens is 2. The SMILES string of the molecule is CN(C)C(=O)C1(Cc2ccccc2-c2cccnc2)CCN(Cc2cccnc2)C1. The zero-order valence-corrected chi connectivity index (χ0v) is 17.7. The highest BCUT2D eigenvalue weighted by Crippen LogP contribution is 2.38. The fourth-order valence-corrected chi connectivity index (χ4v) is 4.55. The smallest absolute Gasteiger partial charge is 0.229 e. The Morgan fingerprint density at radius 2 is 1.80 bits per heavy atom. The van der Waals surface area contributed by atoms with Crippen LogP contribution in [0.2, 0.25) is 0 Å². The lowest BCUT2D eigenvalue weighted by atomic mass is 9.78. The van der Waals surface area contributed by atoms with E-state index in [1.165, 1.54) is 11.1 Å². The Kier molecular flexibility index (Phi) is 5.91. The molecule has 0 spiro atoms. The molecular weight excluding hydrogens is 372 g/mol. The molecule has 30 heavy (non-hydrogen) atoms. The third-order valence-electron chi connectivity index (χ3n) is 5.94. The Balaban J connectivity index is 1.63. The van der Waals surface area contributed by atoms with E-state index in [1.807, 2.05) is 38.6 Å². The number of pyridine rings is 2. The summed E-state index contributed by atoms with van der Waals surface area (Å²) >= 11 is 0. The first-order valence-electron chi connectivity index (χ1n) is 10.4. The lowest BCUT2D eigenvalue weighted by molar-refractivity contribution is -0.138. The lowest BCUT2D eigenvalue weighted by Gasteiger charge is -2.32. The summed E-state index contributed by atoms with van der Waals surface area (Å²) < 4.78 is 0. The average molecular weight is 401 g/mol. The van der Waals surface area contributed by atoms with Gasteiger partial charge in [-0.25, -0.2) is 0 Å². The van der Waals surface area contributed by atoms with Gasteiger partial charge in [0.1, 0.15) is 0 Å². The minimum absolute atomic E-state index is 0.206. The fraction of sp³-hybridized carbons (Fsp3) is 0.320. The fourth-order valence-electron chi connectivity index (χ4n) is 4.55. The number of benzene rings is 1. The summed E-state index contributed by atoms with van der Waals surface area (Å²) in [5, 5.41) is 0. The van der Waals surface area contributed by atoms with Crippen molar-refractivity contribution in [2.45, 2.75) is 19.4 Å². The molecule has 2 aromatic heterocycles. The van der Waals surface area contributed by atoms with Gasteiger partial charge in [-0.2, -0.15) is 0 Å². The van der Waals surface area contributed by atoms with Crippen molar-refractivity contribution in [2.24, 2.45) is 5.41 Å². The van der Waals surface area contributed by atoms with E-state index in [4.69, 9.17) is 0 Å². The monoisotopic (exact) mass is 400 g/mol. The molecule has 1 fully saturated rings. The van der Waals surface area contributed by atoms with Crippen LogP contribution in [0.25, 0.3) is 11.1 Å². The normalized spacial score (nSPS) is 19.0. The molecule has 3 aromatic rings. The molecule has 0 aliphatic carbocycles.